The van der Waals surface area contributed by atoms with Crippen molar-refractivity contribution in [3.8, 4) is 0 Å². The number of amides is 1. The van der Waals surface area contributed by atoms with Crippen molar-refractivity contribution in [2.24, 2.45) is 0 Å². The predicted molar refractivity (Wildman–Crippen MR) is 338 cm³/mol. The molecular weight excluding hydrogens is 1010 g/mol. The largest absolute Gasteiger partial charge is 0.454 e. The lowest BCUT2D eigenvalue weighted by Crippen LogP contribution is -2.61. The number of hydrogen-bond donors (Lipinski definition) is 6. The molecule has 8 unspecified atom stereocenters. The maximum atomic E-state index is 13.4. The Hall–Kier alpha value is -1.86. The lowest BCUT2D eigenvalue weighted by molar-refractivity contribution is -0.305. The number of hydrogen-bond acceptors (Lipinski definition) is 10. The Morgan fingerprint density at radius 3 is 1.20 bits per heavy atom. The van der Waals surface area contributed by atoms with Crippen LogP contribution in [0.1, 0.15) is 348 Å². The number of nitrogens with one attached hydrogen (secondary N) is 1. The number of rotatable bonds is 61. The molecule has 11 heteroatoms. The van der Waals surface area contributed by atoms with Crippen LogP contribution in [0.15, 0.2) is 24.3 Å². The molecular formula is C70H133NO10. The van der Waals surface area contributed by atoms with Crippen LogP contribution >= 0.6 is 0 Å². The van der Waals surface area contributed by atoms with Gasteiger partial charge in [-0.1, -0.05) is 315 Å². The minimum atomic E-state index is -1.61. The maximum Gasteiger partial charge on any atom is 0.306 e. The lowest BCUT2D eigenvalue weighted by Gasteiger charge is -2.41. The molecule has 478 valence electrons. The van der Waals surface area contributed by atoms with Gasteiger partial charge in [-0.2, -0.15) is 0 Å². The summed E-state index contributed by atoms with van der Waals surface area (Å²) < 4.78 is 17.7. The molecule has 0 aromatic rings. The van der Waals surface area contributed by atoms with Gasteiger partial charge in [0, 0.05) is 6.42 Å². The minimum Gasteiger partial charge on any atom is -0.454 e. The first-order valence-electron chi connectivity index (χ1n) is 35.1. The van der Waals surface area contributed by atoms with Crippen LogP contribution in [-0.4, -0.2) is 99.6 Å². The molecule has 0 radical (unpaired) electrons. The van der Waals surface area contributed by atoms with E-state index in [4.69, 9.17) is 14.2 Å². The summed E-state index contributed by atoms with van der Waals surface area (Å²) in [6.07, 6.45) is 59.5. The molecule has 11 nitrogen and oxygen atoms in total. The van der Waals surface area contributed by atoms with Crippen LogP contribution in [0, 0.1) is 0 Å². The van der Waals surface area contributed by atoms with Gasteiger partial charge in [0.2, 0.25) is 5.91 Å². The Morgan fingerprint density at radius 1 is 0.469 bits per heavy atom. The molecule has 0 aliphatic carbocycles. The van der Waals surface area contributed by atoms with Crippen LogP contribution in [0.4, 0.5) is 0 Å². The highest BCUT2D eigenvalue weighted by molar-refractivity contribution is 5.80. The van der Waals surface area contributed by atoms with Gasteiger partial charge in [-0.15, -0.1) is 0 Å². The fourth-order valence-corrected chi connectivity index (χ4v) is 11.3. The van der Waals surface area contributed by atoms with Crippen molar-refractivity contribution in [1.82, 2.24) is 5.32 Å². The minimum absolute atomic E-state index is 0.130. The molecule has 1 amide bonds. The summed E-state index contributed by atoms with van der Waals surface area (Å²) in [7, 11) is 0. The van der Waals surface area contributed by atoms with Crippen LogP contribution in [0.5, 0.6) is 0 Å². The first-order chi connectivity index (χ1) is 39.7. The van der Waals surface area contributed by atoms with Crippen molar-refractivity contribution in [2.45, 2.75) is 397 Å². The topological polar surface area (TPSA) is 175 Å². The number of ether oxygens (including phenoxy) is 3. The smallest absolute Gasteiger partial charge is 0.306 e. The van der Waals surface area contributed by atoms with Crippen LogP contribution in [0.2, 0.25) is 0 Å². The monoisotopic (exact) mass is 1150 g/mol. The number of aliphatic hydroxyl groups is 5. The second-order valence-corrected chi connectivity index (χ2v) is 24.6. The van der Waals surface area contributed by atoms with Crippen LogP contribution in [0.25, 0.3) is 0 Å². The molecule has 1 rings (SSSR count). The summed E-state index contributed by atoms with van der Waals surface area (Å²) in [5, 5.41) is 57.1. The van der Waals surface area contributed by atoms with Gasteiger partial charge in [-0.25, -0.2) is 0 Å². The Balaban J connectivity index is 2.51. The fraction of sp³-hybridized carbons (Fsp3) is 0.914. The third-order valence-electron chi connectivity index (χ3n) is 16.9. The summed E-state index contributed by atoms with van der Waals surface area (Å²) in [6.45, 7) is 5.83. The van der Waals surface area contributed by atoms with Crippen molar-refractivity contribution < 1.29 is 49.3 Å². The van der Waals surface area contributed by atoms with Crippen LogP contribution in [-0.2, 0) is 23.8 Å². The predicted octanol–water partition coefficient (Wildman–Crippen LogP) is 17.6. The van der Waals surface area contributed by atoms with Gasteiger partial charge in [0.05, 0.1) is 25.4 Å². The van der Waals surface area contributed by atoms with Crippen molar-refractivity contribution in [1.29, 1.82) is 0 Å². The van der Waals surface area contributed by atoms with Crippen molar-refractivity contribution in [3.05, 3.63) is 24.3 Å². The molecule has 0 aromatic carbocycles. The van der Waals surface area contributed by atoms with Gasteiger partial charge in [-0.05, 0) is 51.4 Å². The number of carbonyl (C=O) groups excluding carboxylic acids is 2. The summed E-state index contributed by atoms with van der Waals surface area (Å²) >= 11 is 0. The second kappa shape index (κ2) is 58.5. The summed E-state index contributed by atoms with van der Waals surface area (Å²) in [5.41, 5.74) is 0. The van der Waals surface area contributed by atoms with Crippen molar-refractivity contribution in [3.63, 3.8) is 0 Å². The van der Waals surface area contributed by atoms with Gasteiger partial charge < -0.3 is 45.1 Å². The first-order valence-corrected chi connectivity index (χ1v) is 35.1. The molecule has 1 heterocycles. The fourth-order valence-electron chi connectivity index (χ4n) is 11.3. The molecule has 1 saturated heterocycles. The zero-order valence-electron chi connectivity index (χ0n) is 53.2. The molecule has 0 spiro atoms. The Kier molecular flexibility index (Phi) is 55.7. The van der Waals surface area contributed by atoms with E-state index in [1.807, 2.05) is 6.08 Å². The second-order valence-electron chi connectivity index (χ2n) is 24.6. The lowest BCUT2D eigenvalue weighted by atomic mass is 9.99. The number of allylic oxidation sites excluding steroid dienone is 3. The van der Waals surface area contributed by atoms with Crippen molar-refractivity contribution in [2.75, 3.05) is 13.2 Å². The average Bonchev–Trinajstić information content (AvgIpc) is 3.51. The molecule has 81 heavy (non-hydrogen) atoms. The zero-order chi connectivity index (χ0) is 58.9. The zero-order valence-corrected chi connectivity index (χ0v) is 53.2. The van der Waals surface area contributed by atoms with Gasteiger partial charge in [0.1, 0.15) is 24.4 Å². The van der Waals surface area contributed by atoms with Gasteiger partial charge in [-0.3, -0.25) is 9.59 Å². The summed E-state index contributed by atoms with van der Waals surface area (Å²) in [4.78, 5) is 26.6. The summed E-state index contributed by atoms with van der Waals surface area (Å²) in [6, 6.07) is -1.02. The highest BCUT2D eigenvalue weighted by atomic mass is 16.7. The van der Waals surface area contributed by atoms with E-state index in [0.29, 0.717) is 19.3 Å². The van der Waals surface area contributed by atoms with E-state index in [1.54, 1.807) is 6.08 Å². The summed E-state index contributed by atoms with van der Waals surface area (Å²) in [5.74, 6) is -1.18. The molecule has 0 bridgehead atoms. The number of aliphatic hydroxyl groups excluding tert-OH is 5. The third-order valence-corrected chi connectivity index (χ3v) is 16.9. The average molecular weight is 1150 g/mol. The molecule has 1 fully saturated rings. The molecule has 8 atom stereocenters. The number of unbranched alkanes of at least 4 members (excludes halogenated alkanes) is 45. The van der Waals surface area contributed by atoms with E-state index >= 15 is 0 Å². The van der Waals surface area contributed by atoms with Crippen molar-refractivity contribution >= 4 is 11.9 Å². The van der Waals surface area contributed by atoms with Crippen LogP contribution in [0.3, 0.4) is 0 Å². The molecule has 0 aromatic heterocycles. The molecule has 1 aliphatic rings. The van der Waals surface area contributed by atoms with E-state index in [1.165, 1.54) is 244 Å². The highest BCUT2D eigenvalue weighted by Gasteiger charge is 2.47. The maximum absolute atomic E-state index is 13.4. The SMILES string of the molecule is CCCCCCCC/C=C/CCCCCCCCCCCCCCCCCCCC(=O)OC1C(OCC(NC(=O)C(O)CCCCCCCCCCCCCCC)C(O)/C=C/CCCCCCCCCCCC)OC(CO)C(O)C1O. The highest BCUT2D eigenvalue weighted by Crippen LogP contribution is 2.26. The van der Waals surface area contributed by atoms with E-state index in [9.17, 15) is 35.1 Å². The van der Waals surface area contributed by atoms with Gasteiger partial charge in [0.15, 0.2) is 12.4 Å². The van der Waals surface area contributed by atoms with E-state index in [-0.39, 0.29) is 13.0 Å². The number of carbonyl (C=O) groups is 2. The number of esters is 1. The normalized spacial score (nSPS) is 18.7. The quantitative estimate of drug-likeness (QED) is 0.0195. The van der Waals surface area contributed by atoms with E-state index in [2.05, 4.69) is 38.2 Å². The molecule has 1 aliphatic heterocycles. The first kappa shape index (κ1) is 77.2. The Morgan fingerprint density at radius 2 is 0.815 bits per heavy atom. The molecule has 6 N–H and O–H groups in total. The molecule has 0 saturated carbocycles. The van der Waals surface area contributed by atoms with E-state index in [0.717, 1.165) is 57.8 Å². The Labute approximate surface area is 499 Å². The van der Waals surface area contributed by atoms with Gasteiger partial charge in [0.25, 0.3) is 0 Å². The van der Waals surface area contributed by atoms with E-state index < -0.39 is 67.4 Å². The Bertz CT molecular complexity index is 1410. The van der Waals surface area contributed by atoms with Crippen LogP contribution < -0.4 is 5.32 Å². The third kappa shape index (κ3) is 46.1. The standard InChI is InChI=1S/C70H133NO10/c1-4-7-10-13-16-19-22-25-26-27-28-29-30-31-32-33-34-35-36-37-38-40-43-46-49-52-55-58-65(75)81-68-67(77)66(76)64(59-72)80-70(68)79-60-61(62(73)56-53-50-47-44-41-24-21-18-15-12-9-6-3)71-69(78)63(74)57-54-51-48-45-42-39-23-20-17-14-11-8-5-2/h25-26,53,56,61-64,66-68,70,72-74,76-77H,4-24,27-52,54-55,57-60H2,1-3H3,(H,71,78)/b26-25+,56-53+. The van der Waals surface area contributed by atoms with Gasteiger partial charge >= 0.3 is 5.97 Å².